The molecule has 0 aromatic carbocycles. The molecule has 6 heteroatoms. The first-order chi connectivity index (χ1) is 9.80. The number of hydrogen-bond donors (Lipinski definition) is 2. The minimum atomic E-state index is -0.494. The van der Waals surface area contributed by atoms with E-state index in [4.69, 9.17) is 10.5 Å². The van der Waals surface area contributed by atoms with Gasteiger partial charge in [0.2, 0.25) is 0 Å². The van der Waals surface area contributed by atoms with E-state index in [-0.39, 0.29) is 24.1 Å². The van der Waals surface area contributed by atoms with Crippen LogP contribution < -0.4 is 11.3 Å². The molecule has 1 saturated heterocycles. The number of rotatable bonds is 2. The Morgan fingerprint density at radius 1 is 1.48 bits per heavy atom. The molecule has 21 heavy (non-hydrogen) atoms. The third kappa shape index (κ3) is 3.85. The van der Waals surface area contributed by atoms with Gasteiger partial charge in [0.25, 0.3) is 5.56 Å². The summed E-state index contributed by atoms with van der Waals surface area (Å²) in [6.07, 6.45) is 0.517. The van der Waals surface area contributed by atoms with Gasteiger partial charge in [-0.15, -0.1) is 0 Å². The number of ether oxygens (including phenoxy) is 1. The van der Waals surface area contributed by atoms with Crippen LogP contribution in [-0.2, 0) is 11.3 Å². The first-order valence-electron chi connectivity index (χ1n) is 7.20. The summed E-state index contributed by atoms with van der Waals surface area (Å²) in [5, 5.41) is 0. The maximum atomic E-state index is 12.0. The number of aromatic nitrogens is 1. The number of nitrogens with one attached hydrogen (secondary N) is 1. The van der Waals surface area contributed by atoms with Gasteiger partial charge in [-0.05, 0) is 33.3 Å². The van der Waals surface area contributed by atoms with E-state index < -0.39 is 5.60 Å². The lowest BCUT2D eigenvalue weighted by atomic mass is 10.0. The molecule has 1 aliphatic heterocycles. The van der Waals surface area contributed by atoms with Crippen LogP contribution in [0.4, 0.5) is 4.79 Å². The Bertz CT molecular complexity index is 574. The molecule has 2 heterocycles. The topological polar surface area (TPSA) is 88.4 Å². The fourth-order valence-electron chi connectivity index (χ4n) is 2.42. The lowest BCUT2D eigenvalue weighted by Gasteiger charge is -2.24. The Hall–Kier alpha value is -1.82. The molecule has 1 aromatic heterocycles. The number of nitrogens with zero attached hydrogens (tertiary/aromatic N) is 1. The molecule has 0 bridgehead atoms. The van der Waals surface area contributed by atoms with Gasteiger partial charge in [-0.3, -0.25) is 4.79 Å². The summed E-state index contributed by atoms with van der Waals surface area (Å²) in [4.78, 5) is 28.4. The van der Waals surface area contributed by atoms with Crippen LogP contribution in [0.5, 0.6) is 0 Å². The van der Waals surface area contributed by atoms with Crippen LogP contribution in [0, 0.1) is 0 Å². The molecule has 3 N–H and O–H groups in total. The van der Waals surface area contributed by atoms with Gasteiger partial charge in [0.1, 0.15) is 5.60 Å². The zero-order chi connectivity index (χ0) is 15.6. The van der Waals surface area contributed by atoms with Gasteiger partial charge in [-0.2, -0.15) is 0 Å². The molecular formula is C15H23N3O3. The van der Waals surface area contributed by atoms with Crippen LogP contribution in [0.25, 0.3) is 0 Å². The van der Waals surface area contributed by atoms with E-state index in [0.717, 1.165) is 12.1 Å². The van der Waals surface area contributed by atoms with E-state index >= 15 is 0 Å². The van der Waals surface area contributed by atoms with Crippen LogP contribution >= 0.6 is 0 Å². The Labute approximate surface area is 124 Å². The Balaban J connectivity index is 2.04. The second-order valence-corrected chi connectivity index (χ2v) is 6.38. The van der Waals surface area contributed by atoms with E-state index in [1.54, 1.807) is 11.0 Å². The summed E-state index contributed by atoms with van der Waals surface area (Å²) >= 11 is 0. The van der Waals surface area contributed by atoms with E-state index in [0.29, 0.717) is 18.7 Å². The van der Waals surface area contributed by atoms with Crippen molar-refractivity contribution in [2.24, 2.45) is 5.73 Å². The molecule has 1 unspecified atom stereocenters. The van der Waals surface area contributed by atoms with E-state index in [2.05, 4.69) is 4.98 Å². The average molecular weight is 293 g/mol. The molecule has 2 rings (SSSR count). The fourth-order valence-corrected chi connectivity index (χ4v) is 2.42. The van der Waals surface area contributed by atoms with Crippen molar-refractivity contribution in [2.75, 3.05) is 13.1 Å². The molecule has 0 saturated carbocycles. The summed E-state index contributed by atoms with van der Waals surface area (Å²) in [6.45, 7) is 6.97. The number of nitrogens with two attached hydrogens (primary N) is 1. The standard InChI is InChI=1S/C15H23N3O3/c1-15(2,3)21-14(20)18-7-6-11(9-18)12-5-4-10(8-16)13(19)17-12/h4-5,11H,6-9,16H2,1-3H3,(H,17,19). The number of pyridine rings is 1. The van der Waals surface area contributed by atoms with Crippen molar-refractivity contribution >= 4 is 6.09 Å². The van der Waals surface area contributed by atoms with Gasteiger partial charge in [-0.1, -0.05) is 6.07 Å². The molecule has 0 radical (unpaired) electrons. The smallest absolute Gasteiger partial charge is 0.410 e. The Kier molecular flexibility index (Phi) is 4.37. The lowest BCUT2D eigenvalue weighted by molar-refractivity contribution is 0.0292. The molecule has 1 atom stereocenters. The lowest BCUT2D eigenvalue weighted by Crippen LogP contribution is -2.35. The van der Waals surface area contributed by atoms with Crippen molar-refractivity contribution in [1.29, 1.82) is 0 Å². The number of amides is 1. The first-order valence-corrected chi connectivity index (χ1v) is 7.20. The summed E-state index contributed by atoms with van der Waals surface area (Å²) in [5.41, 5.74) is 6.26. The quantitative estimate of drug-likeness (QED) is 0.866. The van der Waals surface area contributed by atoms with Crippen molar-refractivity contribution < 1.29 is 9.53 Å². The molecule has 1 amide bonds. The maximum Gasteiger partial charge on any atom is 0.410 e. The molecule has 0 spiro atoms. The predicted octanol–water partition coefficient (Wildman–Crippen LogP) is 1.56. The summed E-state index contributed by atoms with van der Waals surface area (Å²) in [5.74, 6) is 0.136. The molecular weight excluding hydrogens is 270 g/mol. The minimum Gasteiger partial charge on any atom is -0.444 e. The van der Waals surface area contributed by atoms with Gasteiger partial charge >= 0.3 is 6.09 Å². The van der Waals surface area contributed by atoms with Crippen molar-refractivity contribution in [2.45, 2.75) is 45.3 Å². The normalized spacial score (nSPS) is 18.9. The molecule has 1 aromatic rings. The number of aromatic amines is 1. The third-order valence-electron chi connectivity index (χ3n) is 3.51. The number of likely N-dealkylation sites (tertiary alicyclic amines) is 1. The van der Waals surface area contributed by atoms with Crippen LogP contribution in [0.3, 0.4) is 0 Å². The van der Waals surface area contributed by atoms with Gasteiger partial charge in [0, 0.05) is 36.8 Å². The Morgan fingerprint density at radius 2 is 2.19 bits per heavy atom. The largest absolute Gasteiger partial charge is 0.444 e. The van der Waals surface area contributed by atoms with Crippen molar-refractivity contribution in [3.63, 3.8) is 0 Å². The van der Waals surface area contributed by atoms with Crippen LogP contribution in [-0.4, -0.2) is 34.7 Å². The summed E-state index contributed by atoms with van der Waals surface area (Å²) in [7, 11) is 0. The number of carbonyl (C=O) groups is 1. The first kappa shape index (κ1) is 15.6. The highest BCUT2D eigenvalue weighted by Gasteiger charge is 2.30. The molecule has 0 aliphatic carbocycles. The van der Waals surface area contributed by atoms with Crippen LogP contribution in [0.15, 0.2) is 16.9 Å². The Morgan fingerprint density at radius 3 is 2.76 bits per heavy atom. The maximum absolute atomic E-state index is 12.0. The van der Waals surface area contributed by atoms with E-state index in [1.165, 1.54) is 0 Å². The minimum absolute atomic E-state index is 0.136. The summed E-state index contributed by atoms with van der Waals surface area (Å²) in [6, 6.07) is 3.64. The zero-order valence-electron chi connectivity index (χ0n) is 12.8. The van der Waals surface area contributed by atoms with Crippen LogP contribution in [0.1, 0.15) is 44.4 Å². The predicted molar refractivity (Wildman–Crippen MR) is 80.1 cm³/mol. The molecule has 6 nitrogen and oxygen atoms in total. The molecule has 116 valence electrons. The number of H-pyrrole nitrogens is 1. The molecule has 1 aliphatic rings. The van der Waals surface area contributed by atoms with Gasteiger partial charge in [-0.25, -0.2) is 4.79 Å². The van der Waals surface area contributed by atoms with Crippen molar-refractivity contribution in [3.05, 3.63) is 33.7 Å². The fraction of sp³-hybridized carbons (Fsp3) is 0.600. The average Bonchev–Trinajstić information content (AvgIpc) is 2.86. The highest BCUT2D eigenvalue weighted by molar-refractivity contribution is 5.68. The highest BCUT2D eigenvalue weighted by atomic mass is 16.6. The second-order valence-electron chi connectivity index (χ2n) is 6.38. The van der Waals surface area contributed by atoms with Crippen molar-refractivity contribution in [3.8, 4) is 0 Å². The van der Waals surface area contributed by atoms with Gasteiger partial charge in [0.15, 0.2) is 0 Å². The van der Waals surface area contributed by atoms with Crippen LogP contribution in [0.2, 0.25) is 0 Å². The SMILES string of the molecule is CC(C)(C)OC(=O)N1CCC(c2ccc(CN)c(=O)[nH]2)C1. The van der Waals surface area contributed by atoms with E-state index in [9.17, 15) is 9.59 Å². The molecule has 1 fully saturated rings. The third-order valence-corrected chi connectivity index (χ3v) is 3.51. The van der Waals surface area contributed by atoms with Gasteiger partial charge < -0.3 is 20.4 Å². The summed E-state index contributed by atoms with van der Waals surface area (Å²) < 4.78 is 5.36. The number of hydrogen-bond acceptors (Lipinski definition) is 4. The van der Waals surface area contributed by atoms with Crippen molar-refractivity contribution in [1.82, 2.24) is 9.88 Å². The monoisotopic (exact) mass is 293 g/mol. The second kappa shape index (κ2) is 5.89. The van der Waals surface area contributed by atoms with Gasteiger partial charge in [0.05, 0.1) is 0 Å². The zero-order valence-corrected chi connectivity index (χ0v) is 12.8. The highest BCUT2D eigenvalue weighted by Crippen LogP contribution is 2.26. The van der Waals surface area contributed by atoms with E-state index in [1.807, 2.05) is 26.8 Å². The number of carbonyl (C=O) groups excluding carboxylic acids is 1.